The smallest absolute Gasteiger partial charge is 0.308 e. The summed E-state index contributed by atoms with van der Waals surface area (Å²) >= 11 is 0. The van der Waals surface area contributed by atoms with Gasteiger partial charge in [0.1, 0.15) is 0 Å². The molecule has 20 heavy (non-hydrogen) atoms. The van der Waals surface area contributed by atoms with Gasteiger partial charge in [-0.2, -0.15) is 5.26 Å². The first kappa shape index (κ1) is 15.7. The van der Waals surface area contributed by atoms with Crippen molar-refractivity contribution in [1.82, 2.24) is 5.32 Å². The van der Waals surface area contributed by atoms with Gasteiger partial charge in [0.2, 0.25) is 0 Å². The number of nitriles is 1. The summed E-state index contributed by atoms with van der Waals surface area (Å²) < 4.78 is 0. The van der Waals surface area contributed by atoms with Gasteiger partial charge in [-0.3, -0.25) is 9.59 Å². The van der Waals surface area contributed by atoms with Gasteiger partial charge in [0, 0.05) is 12.1 Å². The van der Waals surface area contributed by atoms with Crippen LogP contribution in [0.25, 0.3) is 0 Å². The molecule has 0 spiro atoms. The number of carbonyl (C=O) groups is 2. The molecule has 0 saturated carbocycles. The molecule has 106 valence electrons. The van der Waals surface area contributed by atoms with Crippen molar-refractivity contribution in [3.05, 3.63) is 35.4 Å². The number of carboxylic acid groups (broad SMARTS) is 1. The topological polar surface area (TPSA) is 90.2 Å². The average molecular weight is 274 g/mol. The van der Waals surface area contributed by atoms with Gasteiger partial charge in [-0.15, -0.1) is 0 Å². The summed E-state index contributed by atoms with van der Waals surface area (Å²) in [6.07, 6.45) is 0.508. The Morgan fingerprint density at radius 2 is 2.10 bits per heavy atom. The van der Waals surface area contributed by atoms with Gasteiger partial charge in [0.15, 0.2) is 0 Å². The Morgan fingerprint density at radius 3 is 2.65 bits per heavy atom. The second-order valence-electron chi connectivity index (χ2n) is 5.07. The van der Waals surface area contributed by atoms with E-state index in [1.165, 1.54) is 6.07 Å². The van der Waals surface area contributed by atoms with Crippen molar-refractivity contribution in [3.63, 3.8) is 0 Å². The van der Waals surface area contributed by atoms with Crippen molar-refractivity contribution in [2.45, 2.75) is 20.3 Å². The highest BCUT2D eigenvalue weighted by molar-refractivity contribution is 5.94. The predicted octanol–water partition coefficient (Wildman–Crippen LogP) is 2.03. The van der Waals surface area contributed by atoms with Crippen molar-refractivity contribution < 1.29 is 14.7 Å². The van der Waals surface area contributed by atoms with E-state index in [9.17, 15) is 9.59 Å². The van der Waals surface area contributed by atoms with Crippen LogP contribution >= 0.6 is 0 Å². The molecule has 0 aliphatic heterocycles. The molecule has 1 amide bonds. The fourth-order valence-corrected chi connectivity index (χ4v) is 1.89. The maximum absolute atomic E-state index is 11.9. The third-order valence-electron chi connectivity index (χ3n) is 2.87. The van der Waals surface area contributed by atoms with Crippen LogP contribution in [0.2, 0.25) is 0 Å². The molecular formula is C15H18N2O3. The molecule has 0 fully saturated rings. The minimum Gasteiger partial charge on any atom is -0.481 e. The molecule has 0 aromatic heterocycles. The average Bonchev–Trinajstić information content (AvgIpc) is 2.42. The van der Waals surface area contributed by atoms with E-state index < -0.39 is 11.9 Å². The zero-order valence-electron chi connectivity index (χ0n) is 11.6. The molecule has 0 saturated heterocycles. The van der Waals surface area contributed by atoms with Crippen molar-refractivity contribution in [3.8, 4) is 6.07 Å². The van der Waals surface area contributed by atoms with Crippen LogP contribution in [-0.2, 0) is 4.79 Å². The number of hydrogen-bond acceptors (Lipinski definition) is 3. The fourth-order valence-electron chi connectivity index (χ4n) is 1.89. The molecule has 2 N–H and O–H groups in total. The van der Waals surface area contributed by atoms with Gasteiger partial charge in [-0.05, 0) is 30.5 Å². The SMILES string of the molecule is CC(C)CC(CNC(=O)c1cccc(C#N)c1)C(=O)O. The van der Waals surface area contributed by atoms with E-state index in [1.807, 2.05) is 19.9 Å². The standard InChI is InChI=1S/C15H18N2O3/c1-10(2)6-13(15(19)20)9-17-14(18)12-5-3-4-11(7-12)8-16/h3-5,7,10,13H,6,9H2,1-2H3,(H,17,18)(H,19,20). The zero-order chi connectivity index (χ0) is 15.1. The van der Waals surface area contributed by atoms with Crippen LogP contribution in [0.3, 0.4) is 0 Å². The molecule has 1 aromatic carbocycles. The second kappa shape index (κ2) is 7.29. The van der Waals surface area contributed by atoms with Gasteiger partial charge >= 0.3 is 5.97 Å². The number of nitrogens with one attached hydrogen (secondary N) is 1. The van der Waals surface area contributed by atoms with Crippen LogP contribution in [0, 0.1) is 23.2 Å². The lowest BCUT2D eigenvalue weighted by Crippen LogP contribution is -2.33. The minimum atomic E-state index is -0.912. The van der Waals surface area contributed by atoms with Gasteiger partial charge in [0.05, 0.1) is 17.6 Å². The summed E-state index contributed by atoms with van der Waals surface area (Å²) in [5.74, 6) is -1.63. The third kappa shape index (κ3) is 4.73. The highest BCUT2D eigenvalue weighted by Crippen LogP contribution is 2.11. The molecule has 0 bridgehead atoms. The molecule has 1 unspecified atom stereocenters. The first-order valence-corrected chi connectivity index (χ1v) is 6.45. The summed E-state index contributed by atoms with van der Waals surface area (Å²) in [4.78, 5) is 23.0. The molecule has 5 nitrogen and oxygen atoms in total. The van der Waals surface area contributed by atoms with E-state index in [0.29, 0.717) is 17.5 Å². The van der Waals surface area contributed by atoms with Crippen molar-refractivity contribution in [2.75, 3.05) is 6.54 Å². The van der Waals surface area contributed by atoms with Crippen molar-refractivity contribution in [1.29, 1.82) is 5.26 Å². The Hall–Kier alpha value is -2.35. The lowest BCUT2D eigenvalue weighted by atomic mass is 9.97. The Bertz CT molecular complexity index is 532. The van der Waals surface area contributed by atoms with Crippen LogP contribution in [0.5, 0.6) is 0 Å². The van der Waals surface area contributed by atoms with E-state index >= 15 is 0 Å². The summed E-state index contributed by atoms with van der Waals surface area (Å²) in [6, 6.07) is 8.26. The third-order valence-corrected chi connectivity index (χ3v) is 2.87. The number of nitrogens with zero attached hydrogens (tertiary/aromatic N) is 1. The number of amides is 1. The van der Waals surface area contributed by atoms with Crippen LogP contribution in [0.1, 0.15) is 36.2 Å². The Morgan fingerprint density at radius 1 is 1.40 bits per heavy atom. The van der Waals surface area contributed by atoms with E-state index in [1.54, 1.807) is 18.2 Å². The quantitative estimate of drug-likeness (QED) is 0.830. The highest BCUT2D eigenvalue weighted by atomic mass is 16.4. The number of hydrogen-bond donors (Lipinski definition) is 2. The lowest BCUT2D eigenvalue weighted by Gasteiger charge is -2.15. The monoisotopic (exact) mass is 274 g/mol. The van der Waals surface area contributed by atoms with Crippen LogP contribution in [0.4, 0.5) is 0 Å². The lowest BCUT2D eigenvalue weighted by molar-refractivity contribution is -0.142. The summed E-state index contributed by atoms with van der Waals surface area (Å²) in [6.45, 7) is 3.96. The van der Waals surface area contributed by atoms with Crippen LogP contribution in [-0.4, -0.2) is 23.5 Å². The zero-order valence-corrected chi connectivity index (χ0v) is 11.6. The van der Waals surface area contributed by atoms with E-state index in [0.717, 1.165) is 0 Å². The maximum atomic E-state index is 11.9. The summed E-state index contributed by atoms with van der Waals surface area (Å²) in [7, 11) is 0. The molecule has 1 rings (SSSR count). The van der Waals surface area contributed by atoms with Crippen LogP contribution < -0.4 is 5.32 Å². The van der Waals surface area contributed by atoms with E-state index in [2.05, 4.69) is 5.32 Å². The number of carbonyl (C=O) groups excluding carboxylic acids is 1. The number of aliphatic carboxylic acids is 1. The molecule has 0 aliphatic rings. The number of benzene rings is 1. The highest BCUT2D eigenvalue weighted by Gasteiger charge is 2.20. The predicted molar refractivity (Wildman–Crippen MR) is 74.1 cm³/mol. The second-order valence-corrected chi connectivity index (χ2v) is 5.07. The first-order chi connectivity index (χ1) is 9.43. The molecule has 1 atom stereocenters. The fraction of sp³-hybridized carbons (Fsp3) is 0.400. The van der Waals surface area contributed by atoms with Gasteiger partial charge in [-0.1, -0.05) is 19.9 Å². The summed E-state index contributed by atoms with van der Waals surface area (Å²) in [5, 5.41) is 20.5. The molecule has 0 aliphatic carbocycles. The normalized spacial score (nSPS) is 11.7. The Labute approximate surface area is 118 Å². The number of rotatable bonds is 6. The maximum Gasteiger partial charge on any atom is 0.308 e. The van der Waals surface area contributed by atoms with Crippen LogP contribution in [0.15, 0.2) is 24.3 Å². The van der Waals surface area contributed by atoms with Gasteiger partial charge < -0.3 is 10.4 Å². The van der Waals surface area contributed by atoms with Gasteiger partial charge in [0.25, 0.3) is 5.91 Å². The van der Waals surface area contributed by atoms with Crippen molar-refractivity contribution >= 4 is 11.9 Å². The largest absolute Gasteiger partial charge is 0.481 e. The summed E-state index contributed by atoms with van der Waals surface area (Å²) in [5.41, 5.74) is 0.757. The molecular weight excluding hydrogens is 256 g/mol. The van der Waals surface area contributed by atoms with E-state index in [4.69, 9.17) is 10.4 Å². The molecule has 5 heteroatoms. The molecule has 0 radical (unpaired) electrons. The Balaban J connectivity index is 2.65. The minimum absolute atomic E-state index is 0.0864. The van der Waals surface area contributed by atoms with Crippen molar-refractivity contribution in [2.24, 2.45) is 11.8 Å². The number of carboxylic acids is 1. The molecule has 1 aromatic rings. The molecule has 0 heterocycles. The first-order valence-electron chi connectivity index (χ1n) is 6.45. The van der Waals surface area contributed by atoms with E-state index in [-0.39, 0.29) is 18.4 Å². The van der Waals surface area contributed by atoms with Gasteiger partial charge in [-0.25, -0.2) is 0 Å². The Kier molecular flexibility index (Phi) is 5.73.